The summed E-state index contributed by atoms with van der Waals surface area (Å²) in [6, 6.07) is 10.1. The van der Waals surface area contributed by atoms with E-state index in [1.54, 1.807) is 0 Å². The Bertz CT molecular complexity index is 617. The van der Waals surface area contributed by atoms with Crippen LogP contribution in [0, 0.1) is 13.8 Å². The van der Waals surface area contributed by atoms with Crippen LogP contribution in [0.5, 0.6) is 0 Å². The van der Waals surface area contributed by atoms with E-state index in [9.17, 15) is 4.79 Å². The lowest BCUT2D eigenvalue weighted by Gasteiger charge is -2.22. The first kappa shape index (κ1) is 17.1. The van der Waals surface area contributed by atoms with Gasteiger partial charge in [0.25, 0.3) is 0 Å². The molecule has 2 aromatic rings. The Kier molecular flexibility index (Phi) is 5.79. The molecule has 2 N–H and O–H groups in total. The van der Waals surface area contributed by atoms with Gasteiger partial charge in [-0.1, -0.05) is 42.4 Å². The van der Waals surface area contributed by atoms with Crippen LogP contribution in [0.3, 0.4) is 0 Å². The molecule has 0 aliphatic rings. The van der Waals surface area contributed by atoms with Gasteiger partial charge in [0.05, 0.1) is 5.69 Å². The lowest BCUT2D eigenvalue weighted by atomic mass is 9.95. The number of aromatic nitrogens is 1. The van der Waals surface area contributed by atoms with Crippen LogP contribution in [0.1, 0.15) is 42.3 Å². The first-order chi connectivity index (χ1) is 11.0. The highest BCUT2D eigenvalue weighted by Gasteiger charge is 2.16. The maximum Gasteiger partial charge on any atom is 0.315 e. The molecule has 124 valence electrons. The van der Waals surface area contributed by atoms with Crippen LogP contribution in [-0.2, 0) is 6.42 Å². The highest BCUT2D eigenvalue weighted by atomic mass is 16.5. The third kappa shape index (κ3) is 4.58. The van der Waals surface area contributed by atoms with Crippen LogP contribution >= 0.6 is 0 Å². The number of rotatable bonds is 6. The second kappa shape index (κ2) is 7.81. The molecule has 0 aliphatic heterocycles. The number of aryl methyl sites for hydroxylation is 2. The molecule has 0 spiro atoms. The fourth-order valence-corrected chi connectivity index (χ4v) is 2.59. The average molecular weight is 315 g/mol. The van der Waals surface area contributed by atoms with Crippen molar-refractivity contribution in [2.75, 3.05) is 6.54 Å². The Hall–Kier alpha value is -2.30. The lowest BCUT2D eigenvalue weighted by molar-refractivity contribution is 0.236. The summed E-state index contributed by atoms with van der Waals surface area (Å²) in [4.78, 5) is 12.0. The molecule has 0 unspecified atom stereocenters. The van der Waals surface area contributed by atoms with Gasteiger partial charge >= 0.3 is 6.03 Å². The van der Waals surface area contributed by atoms with Crippen LogP contribution in [0.4, 0.5) is 4.79 Å². The second-order valence-corrected chi connectivity index (χ2v) is 5.94. The smallest absolute Gasteiger partial charge is 0.315 e. The van der Waals surface area contributed by atoms with E-state index in [1.165, 1.54) is 5.56 Å². The van der Waals surface area contributed by atoms with E-state index in [-0.39, 0.29) is 18.0 Å². The summed E-state index contributed by atoms with van der Waals surface area (Å²) in [6.07, 6.45) is 0.719. The Balaban J connectivity index is 1.78. The van der Waals surface area contributed by atoms with Crippen molar-refractivity contribution >= 4 is 6.03 Å². The van der Waals surface area contributed by atoms with Gasteiger partial charge in [0.15, 0.2) is 0 Å². The zero-order valence-electron chi connectivity index (χ0n) is 14.2. The summed E-state index contributed by atoms with van der Waals surface area (Å²) in [7, 11) is 0. The van der Waals surface area contributed by atoms with E-state index in [0.717, 1.165) is 23.4 Å². The predicted octanol–water partition coefficient (Wildman–Crippen LogP) is 3.33. The fraction of sp³-hybridized carbons (Fsp3) is 0.444. The second-order valence-electron chi connectivity index (χ2n) is 5.94. The predicted molar refractivity (Wildman–Crippen MR) is 90.5 cm³/mol. The SMILES string of the molecule is Cc1noc(C)c1CCNC(=O)N[C@H](C)[C@@H](C)c1ccccc1. The third-order valence-corrected chi connectivity index (χ3v) is 4.28. The number of hydrogen-bond donors (Lipinski definition) is 2. The molecule has 0 saturated carbocycles. The van der Waals surface area contributed by atoms with Crippen molar-refractivity contribution in [2.45, 2.75) is 46.1 Å². The topological polar surface area (TPSA) is 67.2 Å². The van der Waals surface area contributed by atoms with Crippen molar-refractivity contribution in [3.8, 4) is 0 Å². The standard InChI is InChI=1S/C18H25N3O2/c1-12(16-8-6-5-7-9-16)13(2)20-18(22)19-11-10-17-14(3)21-23-15(17)4/h5-9,12-13H,10-11H2,1-4H3,(H2,19,20,22)/t12-,13-/m1/s1. The van der Waals surface area contributed by atoms with Crippen LogP contribution in [-0.4, -0.2) is 23.8 Å². The van der Waals surface area contributed by atoms with Crippen molar-refractivity contribution in [1.82, 2.24) is 15.8 Å². The number of nitrogens with zero attached hydrogens (tertiary/aromatic N) is 1. The Morgan fingerprint density at radius 1 is 1.22 bits per heavy atom. The molecule has 5 nitrogen and oxygen atoms in total. The van der Waals surface area contributed by atoms with Crippen LogP contribution in [0.25, 0.3) is 0 Å². The van der Waals surface area contributed by atoms with Gasteiger partial charge in [-0.25, -0.2) is 4.79 Å². The van der Waals surface area contributed by atoms with E-state index in [4.69, 9.17) is 4.52 Å². The summed E-state index contributed by atoms with van der Waals surface area (Å²) in [5, 5.41) is 9.81. The summed E-state index contributed by atoms with van der Waals surface area (Å²) in [5.41, 5.74) is 3.17. The maximum atomic E-state index is 12.0. The summed E-state index contributed by atoms with van der Waals surface area (Å²) >= 11 is 0. The minimum absolute atomic E-state index is 0.0523. The Labute approximate surface area is 137 Å². The molecule has 1 aromatic heterocycles. The monoisotopic (exact) mass is 315 g/mol. The fourth-order valence-electron chi connectivity index (χ4n) is 2.59. The molecule has 1 aromatic carbocycles. The Morgan fingerprint density at radius 2 is 1.91 bits per heavy atom. The molecule has 0 aliphatic carbocycles. The zero-order valence-corrected chi connectivity index (χ0v) is 14.2. The Morgan fingerprint density at radius 3 is 2.52 bits per heavy atom. The third-order valence-electron chi connectivity index (χ3n) is 4.28. The number of urea groups is 1. The largest absolute Gasteiger partial charge is 0.361 e. The van der Waals surface area contributed by atoms with E-state index in [2.05, 4.69) is 34.8 Å². The summed E-state index contributed by atoms with van der Waals surface area (Å²) < 4.78 is 5.12. The molecule has 2 rings (SSSR count). The first-order valence-electron chi connectivity index (χ1n) is 8.00. The first-order valence-corrected chi connectivity index (χ1v) is 8.00. The minimum atomic E-state index is -0.146. The van der Waals surface area contributed by atoms with Gasteiger partial charge in [0.1, 0.15) is 5.76 Å². The number of hydrogen-bond acceptors (Lipinski definition) is 3. The van der Waals surface area contributed by atoms with Gasteiger partial charge in [-0.2, -0.15) is 0 Å². The highest BCUT2D eigenvalue weighted by molar-refractivity contribution is 5.74. The van der Waals surface area contributed by atoms with Gasteiger partial charge in [-0.15, -0.1) is 0 Å². The highest BCUT2D eigenvalue weighted by Crippen LogP contribution is 2.18. The molecule has 0 radical (unpaired) electrons. The maximum absolute atomic E-state index is 12.0. The van der Waals surface area contributed by atoms with Gasteiger partial charge in [-0.05, 0) is 32.8 Å². The average Bonchev–Trinajstić information content (AvgIpc) is 2.86. The van der Waals surface area contributed by atoms with Crippen molar-refractivity contribution < 1.29 is 9.32 Å². The lowest BCUT2D eigenvalue weighted by Crippen LogP contribution is -2.43. The van der Waals surface area contributed by atoms with E-state index in [0.29, 0.717) is 6.54 Å². The number of carbonyl (C=O) groups is 1. The zero-order chi connectivity index (χ0) is 16.8. The van der Waals surface area contributed by atoms with Crippen LogP contribution in [0.15, 0.2) is 34.9 Å². The molecule has 0 bridgehead atoms. The van der Waals surface area contributed by atoms with Gasteiger partial charge in [-0.3, -0.25) is 0 Å². The number of benzene rings is 1. The normalized spacial score (nSPS) is 13.4. The van der Waals surface area contributed by atoms with E-state index >= 15 is 0 Å². The number of carbonyl (C=O) groups excluding carboxylic acids is 1. The summed E-state index contributed by atoms with van der Waals surface area (Å²) in [5.74, 6) is 1.07. The number of nitrogens with one attached hydrogen (secondary N) is 2. The van der Waals surface area contributed by atoms with Gasteiger partial charge in [0, 0.05) is 24.1 Å². The molecule has 0 fully saturated rings. The molecule has 0 saturated heterocycles. The van der Waals surface area contributed by atoms with Crippen molar-refractivity contribution in [3.63, 3.8) is 0 Å². The van der Waals surface area contributed by atoms with Crippen molar-refractivity contribution in [2.24, 2.45) is 0 Å². The molecule has 1 heterocycles. The van der Waals surface area contributed by atoms with E-state index < -0.39 is 0 Å². The molecule has 23 heavy (non-hydrogen) atoms. The molecule has 2 atom stereocenters. The van der Waals surface area contributed by atoms with Crippen LogP contribution < -0.4 is 10.6 Å². The van der Waals surface area contributed by atoms with Crippen molar-refractivity contribution in [3.05, 3.63) is 52.9 Å². The molecular formula is C18H25N3O2. The van der Waals surface area contributed by atoms with Gasteiger partial charge < -0.3 is 15.2 Å². The molecule has 5 heteroatoms. The molecule has 2 amide bonds. The minimum Gasteiger partial charge on any atom is -0.361 e. The van der Waals surface area contributed by atoms with Gasteiger partial charge in [0.2, 0.25) is 0 Å². The van der Waals surface area contributed by atoms with E-state index in [1.807, 2.05) is 39.0 Å². The van der Waals surface area contributed by atoms with Crippen LogP contribution in [0.2, 0.25) is 0 Å². The van der Waals surface area contributed by atoms with Crippen molar-refractivity contribution in [1.29, 1.82) is 0 Å². The number of amides is 2. The summed E-state index contributed by atoms with van der Waals surface area (Å²) in [6.45, 7) is 8.49. The quantitative estimate of drug-likeness (QED) is 0.859. The molecular weight excluding hydrogens is 290 g/mol.